The maximum absolute atomic E-state index is 10.8. The molecule has 3 atom stereocenters. The highest BCUT2D eigenvalue weighted by atomic mass is 79.9. The lowest BCUT2D eigenvalue weighted by atomic mass is 9.72. The van der Waals surface area contributed by atoms with Gasteiger partial charge in [0.15, 0.2) is 4.60 Å². The first kappa shape index (κ1) is 12.0. The molecule has 5 heteroatoms. The van der Waals surface area contributed by atoms with Gasteiger partial charge in [0.25, 0.3) is 0 Å². The molecule has 4 nitrogen and oxygen atoms in total. The van der Waals surface area contributed by atoms with Crippen LogP contribution in [0.2, 0.25) is 0 Å². The summed E-state index contributed by atoms with van der Waals surface area (Å²) in [7, 11) is 1.83. The van der Waals surface area contributed by atoms with Crippen molar-refractivity contribution in [3.63, 3.8) is 0 Å². The Bertz CT molecular complexity index is 373. The first-order chi connectivity index (χ1) is 7.44. The van der Waals surface area contributed by atoms with Crippen molar-refractivity contribution in [2.75, 3.05) is 0 Å². The molecule has 0 amide bonds. The zero-order valence-corrected chi connectivity index (χ0v) is 11.5. The minimum atomic E-state index is -0.775. The van der Waals surface area contributed by atoms with Gasteiger partial charge in [-0.15, -0.1) is 5.10 Å². The lowest BCUT2D eigenvalue weighted by Gasteiger charge is -2.38. The number of rotatable bonds is 1. The molecule has 1 saturated carbocycles. The van der Waals surface area contributed by atoms with Crippen LogP contribution in [0, 0.1) is 11.8 Å². The van der Waals surface area contributed by atoms with E-state index >= 15 is 0 Å². The maximum Gasteiger partial charge on any atom is 0.154 e. The second-order valence-electron chi connectivity index (χ2n) is 5.08. The normalized spacial score (nSPS) is 35.3. The van der Waals surface area contributed by atoms with E-state index in [1.807, 2.05) is 7.05 Å². The van der Waals surface area contributed by atoms with Crippen LogP contribution in [0.3, 0.4) is 0 Å². The van der Waals surface area contributed by atoms with Crippen molar-refractivity contribution in [1.82, 2.24) is 15.0 Å². The maximum atomic E-state index is 10.8. The Kier molecular flexibility index (Phi) is 3.09. The first-order valence-corrected chi connectivity index (χ1v) is 6.51. The molecule has 0 bridgehead atoms. The van der Waals surface area contributed by atoms with Crippen molar-refractivity contribution in [2.45, 2.75) is 38.7 Å². The van der Waals surface area contributed by atoms with Gasteiger partial charge in [0.05, 0.1) is 0 Å². The highest BCUT2D eigenvalue weighted by Crippen LogP contribution is 2.43. The Hall–Kier alpha value is -0.420. The summed E-state index contributed by atoms with van der Waals surface area (Å²) in [5.74, 6) is 1.21. The lowest BCUT2D eigenvalue weighted by molar-refractivity contribution is -0.0404. The summed E-state index contributed by atoms with van der Waals surface area (Å²) in [5.41, 5.74) is 0.0366. The summed E-state index contributed by atoms with van der Waals surface area (Å²) in [4.78, 5) is 0. The molecule has 90 valence electrons. The van der Waals surface area contributed by atoms with Gasteiger partial charge in [-0.25, -0.2) is 4.68 Å². The van der Waals surface area contributed by atoms with Gasteiger partial charge < -0.3 is 5.11 Å². The third kappa shape index (κ3) is 1.91. The van der Waals surface area contributed by atoms with Crippen molar-refractivity contribution in [3.05, 3.63) is 10.3 Å². The molecule has 1 aliphatic carbocycles. The molecular weight excluding hydrogens is 270 g/mol. The quantitative estimate of drug-likeness (QED) is 0.862. The van der Waals surface area contributed by atoms with E-state index in [-0.39, 0.29) is 0 Å². The number of halogens is 1. The Morgan fingerprint density at radius 3 is 2.62 bits per heavy atom. The molecule has 1 heterocycles. The van der Waals surface area contributed by atoms with E-state index < -0.39 is 5.60 Å². The summed E-state index contributed by atoms with van der Waals surface area (Å²) in [5, 5.41) is 18.6. The number of hydrogen-bond donors (Lipinski definition) is 1. The van der Waals surface area contributed by atoms with Crippen molar-refractivity contribution in [2.24, 2.45) is 18.9 Å². The van der Waals surface area contributed by atoms with Crippen LogP contribution in [0.25, 0.3) is 0 Å². The molecule has 1 aliphatic rings. The van der Waals surface area contributed by atoms with Gasteiger partial charge in [0, 0.05) is 7.05 Å². The standard InChI is InChI=1S/C11H18BrN3O/c1-7-4-5-11(16,6-8(7)2)9-10(12)13-14-15(9)3/h7-8,16H,4-6H2,1-3H3. The average Bonchev–Trinajstić information content (AvgIpc) is 2.54. The fourth-order valence-corrected chi connectivity index (χ4v) is 3.32. The molecule has 1 aromatic rings. The number of aliphatic hydroxyl groups is 1. The zero-order chi connectivity index (χ0) is 11.9. The van der Waals surface area contributed by atoms with E-state index in [1.165, 1.54) is 0 Å². The summed E-state index contributed by atoms with van der Waals surface area (Å²) in [6.07, 6.45) is 2.63. The van der Waals surface area contributed by atoms with Crippen LogP contribution in [0.4, 0.5) is 0 Å². The Balaban J connectivity index is 2.33. The molecule has 0 spiro atoms. The van der Waals surface area contributed by atoms with Gasteiger partial charge >= 0.3 is 0 Å². The molecule has 3 unspecified atom stereocenters. The minimum Gasteiger partial charge on any atom is -0.383 e. The lowest BCUT2D eigenvalue weighted by Crippen LogP contribution is -2.37. The predicted molar refractivity (Wildman–Crippen MR) is 64.8 cm³/mol. The minimum absolute atomic E-state index is 0.528. The molecule has 0 aliphatic heterocycles. The van der Waals surface area contributed by atoms with Gasteiger partial charge in [-0.05, 0) is 47.0 Å². The summed E-state index contributed by atoms with van der Waals surface area (Å²) >= 11 is 3.37. The van der Waals surface area contributed by atoms with Gasteiger partial charge in [0.1, 0.15) is 11.3 Å². The summed E-state index contributed by atoms with van der Waals surface area (Å²) in [6, 6.07) is 0. The highest BCUT2D eigenvalue weighted by Gasteiger charge is 2.41. The molecule has 1 N–H and O–H groups in total. The van der Waals surface area contributed by atoms with E-state index in [0.29, 0.717) is 16.4 Å². The monoisotopic (exact) mass is 287 g/mol. The second-order valence-corrected chi connectivity index (χ2v) is 5.83. The molecule has 2 rings (SSSR count). The van der Waals surface area contributed by atoms with Crippen molar-refractivity contribution >= 4 is 15.9 Å². The number of hydrogen-bond acceptors (Lipinski definition) is 3. The van der Waals surface area contributed by atoms with Crippen LogP contribution in [0.1, 0.15) is 38.8 Å². The fourth-order valence-electron chi connectivity index (χ4n) is 2.63. The number of aromatic nitrogens is 3. The number of nitrogens with zero attached hydrogens (tertiary/aromatic N) is 3. The van der Waals surface area contributed by atoms with E-state index in [0.717, 1.165) is 25.0 Å². The van der Waals surface area contributed by atoms with E-state index in [1.54, 1.807) is 4.68 Å². The Labute approximate surface area is 104 Å². The van der Waals surface area contributed by atoms with E-state index in [9.17, 15) is 5.11 Å². The van der Waals surface area contributed by atoms with Gasteiger partial charge in [-0.2, -0.15) is 0 Å². The molecule has 0 saturated heterocycles. The molecule has 1 fully saturated rings. The smallest absolute Gasteiger partial charge is 0.154 e. The second kappa shape index (κ2) is 4.11. The van der Waals surface area contributed by atoms with Crippen LogP contribution in [0.5, 0.6) is 0 Å². The predicted octanol–water partition coefficient (Wildman–Crippen LogP) is 2.22. The molecular formula is C11H18BrN3O. The van der Waals surface area contributed by atoms with Crippen molar-refractivity contribution in [1.29, 1.82) is 0 Å². The third-order valence-corrected chi connectivity index (χ3v) is 4.40. The fraction of sp³-hybridized carbons (Fsp3) is 0.818. The Morgan fingerprint density at radius 2 is 2.12 bits per heavy atom. The van der Waals surface area contributed by atoms with E-state index in [2.05, 4.69) is 40.1 Å². The topological polar surface area (TPSA) is 50.9 Å². The van der Waals surface area contributed by atoms with Crippen LogP contribution in [-0.2, 0) is 12.6 Å². The third-order valence-electron chi connectivity index (χ3n) is 3.87. The van der Waals surface area contributed by atoms with Crippen molar-refractivity contribution in [3.8, 4) is 0 Å². The highest BCUT2D eigenvalue weighted by molar-refractivity contribution is 9.10. The molecule has 16 heavy (non-hydrogen) atoms. The summed E-state index contributed by atoms with van der Waals surface area (Å²) in [6.45, 7) is 4.45. The first-order valence-electron chi connectivity index (χ1n) is 5.72. The van der Waals surface area contributed by atoms with Crippen LogP contribution in [0.15, 0.2) is 4.60 Å². The van der Waals surface area contributed by atoms with Crippen LogP contribution >= 0.6 is 15.9 Å². The van der Waals surface area contributed by atoms with Crippen LogP contribution < -0.4 is 0 Å². The van der Waals surface area contributed by atoms with Gasteiger partial charge in [-0.3, -0.25) is 0 Å². The zero-order valence-electron chi connectivity index (χ0n) is 9.94. The summed E-state index contributed by atoms with van der Waals surface area (Å²) < 4.78 is 2.34. The molecule has 1 aromatic heterocycles. The number of aryl methyl sites for hydroxylation is 1. The SMILES string of the molecule is CC1CCC(O)(c2c(Br)nnn2C)CC1C. The largest absolute Gasteiger partial charge is 0.383 e. The van der Waals surface area contributed by atoms with Gasteiger partial charge in [-0.1, -0.05) is 19.1 Å². The Morgan fingerprint density at radius 1 is 1.44 bits per heavy atom. The average molecular weight is 288 g/mol. The van der Waals surface area contributed by atoms with E-state index in [4.69, 9.17) is 0 Å². The molecule has 0 aromatic carbocycles. The van der Waals surface area contributed by atoms with Crippen molar-refractivity contribution < 1.29 is 5.11 Å². The van der Waals surface area contributed by atoms with Crippen LogP contribution in [-0.4, -0.2) is 20.1 Å². The molecule has 0 radical (unpaired) electrons. The van der Waals surface area contributed by atoms with Gasteiger partial charge in [0.2, 0.25) is 0 Å².